The van der Waals surface area contributed by atoms with E-state index in [0.717, 1.165) is 22.6 Å². The molecule has 3 aromatic carbocycles. The van der Waals surface area contributed by atoms with Crippen LogP contribution in [0.5, 0.6) is 5.75 Å². The molecule has 0 radical (unpaired) electrons. The van der Waals surface area contributed by atoms with Gasteiger partial charge in [-0.25, -0.2) is 9.59 Å². The Kier molecular flexibility index (Phi) is 9.16. The van der Waals surface area contributed by atoms with Crippen LogP contribution < -0.4 is 10.1 Å². The Labute approximate surface area is 218 Å². The van der Waals surface area contributed by atoms with Gasteiger partial charge in [0.15, 0.2) is 0 Å². The molecule has 1 amide bonds. The van der Waals surface area contributed by atoms with Gasteiger partial charge in [0.25, 0.3) is 0 Å². The van der Waals surface area contributed by atoms with Gasteiger partial charge in [0.1, 0.15) is 12.4 Å². The fourth-order valence-corrected chi connectivity index (χ4v) is 4.74. The Bertz CT molecular complexity index is 1140. The number of rotatable bonds is 7. The smallest absolute Gasteiger partial charge is 0.407 e. The van der Waals surface area contributed by atoms with Crippen molar-refractivity contribution in [2.75, 3.05) is 26.7 Å². The number of ether oxygens (including phenoxy) is 2. The van der Waals surface area contributed by atoms with Gasteiger partial charge in [-0.1, -0.05) is 54.6 Å². The maximum absolute atomic E-state index is 11.8. The molecule has 3 aliphatic rings. The van der Waals surface area contributed by atoms with Crippen molar-refractivity contribution in [2.45, 2.75) is 31.9 Å². The van der Waals surface area contributed by atoms with Crippen molar-refractivity contribution in [3.05, 3.63) is 101 Å². The number of nitrogens with zero attached hydrogens (tertiary/aromatic N) is 1. The highest BCUT2D eigenvalue weighted by Gasteiger charge is 2.24. The molecular formula is C30H34N2O5. The third-order valence-electron chi connectivity index (χ3n) is 6.94. The van der Waals surface area contributed by atoms with Gasteiger partial charge in [0.2, 0.25) is 0 Å². The molecule has 0 spiro atoms. The van der Waals surface area contributed by atoms with Gasteiger partial charge in [-0.2, -0.15) is 0 Å². The number of hydrogen-bond acceptors (Lipinski definition) is 5. The fraction of sp³-hybridized carbons (Fsp3) is 0.333. The number of nitrogens with one attached hydrogen (secondary N) is 1. The van der Waals surface area contributed by atoms with E-state index < -0.39 is 12.1 Å². The molecule has 7 heteroatoms. The number of methoxy groups -OCH3 is 1. The Hall–Kier alpha value is -3.84. The molecular weight excluding hydrogens is 468 g/mol. The topological polar surface area (TPSA) is 88.1 Å². The lowest BCUT2D eigenvalue weighted by Gasteiger charge is -2.38. The highest BCUT2D eigenvalue weighted by molar-refractivity contribution is 5.87. The van der Waals surface area contributed by atoms with E-state index in [9.17, 15) is 9.59 Å². The minimum atomic E-state index is -0.963. The Morgan fingerprint density at radius 2 is 1.57 bits per heavy atom. The quantitative estimate of drug-likeness (QED) is 0.443. The maximum atomic E-state index is 11.8. The number of fused-ring (bicyclic) bond motifs is 3. The molecule has 2 N–H and O–H groups in total. The summed E-state index contributed by atoms with van der Waals surface area (Å²) in [6.07, 6.45) is 3.93. The molecule has 3 aliphatic heterocycles. The van der Waals surface area contributed by atoms with Crippen LogP contribution in [0.25, 0.3) is 0 Å². The van der Waals surface area contributed by atoms with Crippen molar-refractivity contribution in [3.63, 3.8) is 0 Å². The molecule has 194 valence electrons. The number of carboxylic acids is 1. The standard InChI is InChI=1S/C23H21NO5.C7H13N/c1-28-23(27)24-21(17-6-3-2-4-7-17)19-8-5-9-20(14-19)29-15-16-10-12-18(13-11-16)22(25)26;1-4-8-5-2-7(1)3-6-8/h2-14,21H,15H2,1H3,(H,24,27)(H,25,26);7H,1-6H2. The van der Waals surface area contributed by atoms with Crippen LogP contribution >= 0.6 is 0 Å². The lowest BCUT2D eigenvalue weighted by molar-refractivity contribution is 0.0696. The number of alkyl carbamates (subject to hydrolysis) is 1. The van der Waals surface area contributed by atoms with Crippen LogP contribution in [0.1, 0.15) is 52.4 Å². The van der Waals surface area contributed by atoms with E-state index in [4.69, 9.17) is 14.6 Å². The van der Waals surface area contributed by atoms with Gasteiger partial charge in [0, 0.05) is 0 Å². The number of carbonyl (C=O) groups is 2. The van der Waals surface area contributed by atoms with E-state index in [1.807, 2.05) is 54.6 Å². The fourth-order valence-electron chi connectivity index (χ4n) is 4.74. The molecule has 0 aromatic heterocycles. The van der Waals surface area contributed by atoms with Crippen LogP contribution in [-0.2, 0) is 11.3 Å². The van der Waals surface area contributed by atoms with Gasteiger partial charge in [0.05, 0.1) is 18.7 Å². The van der Waals surface area contributed by atoms with Crippen molar-refractivity contribution in [3.8, 4) is 5.75 Å². The second-order valence-electron chi connectivity index (χ2n) is 9.42. The average molecular weight is 503 g/mol. The highest BCUT2D eigenvalue weighted by Crippen LogP contribution is 2.27. The number of benzene rings is 3. The zero-order chi connectivity index (χ0) is 26.0. The summed E-state index contributed by atoms with van der Waals surface area (Å²) < 4.78 is 10.6. The van der Waals surface area contributed by atoms with Crippen molar-refractivity contribution in [1.29, 1.82) is 0 Å². The van der Waals surface area contributed by atoms with Crippen molar-refractivity contribution in [2.24, 2.45) is 5.92 Å². The van der Waals surface area contributed by atoms with E-state index in [-0.39, 0.29) is 11.6 Å². The number of carbonyl (C=O) groups excluding carboxylic acids is 1. The van der Waals surface area contributed by atoms with E-state index in [1.54, 1.807) is 24.3 Å². The molecule has 3 fully saturated rings. The largest absolute Gasteiger partial charge is 0.489 e. The van der Waals surface area contributed by atoms with Crippen LogP contribution in [0.2, 0.25) is 0 Å². The van der Waals surface area contributed by atoms with Crippen molar-refractivity contribution in [1.82, 2.24) is 10.2 Å². The Morgan fingerprint density at radius 3 is 2.11 bits per heavy atom. The van der Waals surface area contributed by atoms with Crippen molar-refractivity contribution < 1.29 is 24.2 Å². The zero-order valence-electron chi connectivity index (χ0n) is 21.1. The number of carboxylic acid groups (broad SMARTS) is 1. The predicted molar refractivity (Wildman–Crippen MR) is 142 cm³/mol. The van der Waals surface area contributed by atoms with Gasteiger partial charge >= 0.3 is 12.1 Å². The predicted octanol–water partition coefficient (Wildman–Crippen LogP) is 5.51. The summed E-state index contributed by atoms with van der Waals surface area (Å²) in [6.45, 7) is 4.48. The Morgan fingerprint density at radius 1 is 0.919 bits per heavy atom. The summed E-state index contributed by atoms with van der Waals surface area (Å²) in [5, 5.41) is 11.8. The van der Waals surface area contributed by atoms with E-state index >= 15 is 0 Å². The van der Waals surface area contributed by atoms with E-state index in [0.29, 0.717) is 12.4 Å². The molecule has 1 atom stereocenters. The first-order chi connectivity index (χ1) is 18.0. The molecule has 2 bridgehead atoms. The summed E-state index contributed by atoms with van der Waals surface area (Å²) in [5.74, 6) is 0.785. The first kappa shape index (κ1) is 26.2. The molecule has 0 aliphatic carbocycles. The monoisotopic (exact) mass is 502 g/mol. The summed E-state index contributed by atoms with van der Waals surface area (Å²) >= 11 is 0. The van der Waals surface area contributed by atoms with Crippen LogP contribution in [0.4, 0.5) is 4.79 Å². The minimum absolute atomic E-state index is 0.232. The van der Waals surface area contributed by atoms with Crippen LogP contribution in [-0.4, -0.2) is 48.8 Å². The summed E-state index contributed by atoms with van der Waals surface area (Å²) in [7, 11) is 1.33. The number of amides is 1. The van der Waals surface area contributed by atoms with Gasteiger partial charge < -0.3 is 24.8 Å². The number of aromatic carboxylic acids is 1. The lowest BCUT2D eigenvalue weighted by atomic mass is 9.89. The molecule has 6 rings (SSSR count). The van der Waals surface area contributed by atoms with Gasteiger partial charge in [-0.15, -0.1) is 0 Å². The maximum Gasteiger partial charge on any atom is 0.407 e. The van der Waals surface area contributed by atoms with Gasteiger partial charge in [-0.05, 0) is 85.8 Å². The van der Waals surface area contributed by atoms with Crippen LogP contribution in [0.15, 0.2) is 78.9 Å². The molecule has 7 nitrogen and oxygen atoms in total. The number of hydrogen-bond donors (Lipinski definition) is 2. The molecule has 3 heterocycles. The first-order valence-corrected chi connectivity index (χ1v) is 12.7. The third kappa shape index (κ3) is 7.57. The van der Waals surface area contributed by atoms with Crippen LogP contribution in [0.3, 0.4) is 0 Å². The molecule has 1 unspecified atom stereocenters. The summed E-state index contributed by atoms with van der Waals surface area (Å²) in [6, 6.07) is 23.2. The third-order valence-corrected chi connectivity index (χ3v) is 6.94. The first-order valence-electron chi connectivity index (χ1n) is 12.7. The van der Waals surface area contributed by atoms with E-state index in [1.165, 1.54) is 46.0 Å². The summed E-state index contributed by atoms with van der Waals surface area (Å²) in [4.78, 5) is 25.4. The van der Waals surface area contributed by atoms with Crippen LogP contribution in [0, 0.1) is 5.92 Å². The Balaban J connectivity index is 0.000000335. The number of piperidine rings is 3. The summed E-state index contributed by atoms with van der Waals surface area (Å²) in [5.41, 5.74) is 2.85. The highest BCUT2D eigenvalue weighted by atomic mass is 16.5. The average Bonchev–Trinajstić information content (AvgIpc) is 2.97. The molecule has 0 saturated carbocycles. The molecule has 37 heavy (non-hydrogen) atoms. The van der Waals surface area contributed by atoms with Gasteiger partial charge in [-0.3, -0.25) is 0 Å². The second kappa shape index (κ2) is 12.9. The zero-order valence-corrected chi connectivity index (χ0v) is 21.1. The normalized spacial score (nSPS) is 18.6. The minimum Gasteiger partial charge on any atom is -0.489 e. The molecule has 3 aromatic rings. The molecule has 3 saturated heterocycles. The second-order valence-corrected chi connectivity index (χ2v) is 9.42. The lowest BCUT2D eigenvalue weighted by Crippen LogP contribution is -2.41. The SMILES string of the molecule is C1CN2CCC1CC2.COC(=O)NC(c1ccccc1)c1cccc(OCc2ccc(C(=O)O)cc2)c1. The van der Waals surface area contributed by atoms with Crippen molar-refractivity contribution >= 4 is 12.1 Å². The van der Waals surface area contributed by atoms with E-state index in [2.05, 4.69) is 10.2 Å².